The van der Waals surface area contributed by atoms with Gasteiger partial charge in [-0.05, 0) is 48.6 Å². The molecule has 0 radical (unpaired) electrons. The summed E-state index contributed by atoms with van der Waals surface area (Å²) in [6.07, 6.45) is 4.23. The molecule has 1 aromatic heterocycles. The Morgan fingerprint density at radius 2 is 2.10 bits per heavy atom. The maximum Gasteiger partial charge on any atom is 0.119 e. The minimum absolute atomic E-state index is 0.605. The van der Waals surface area contributed by atoms with Gasteiger partial charge in [-0.3, -0.25) is 4.98 Å². The number of rotatable bonds is 5. The Hall–Kier alpha value is -1.87. The van der Waals surface area contributed by atoms with Crippen LogP contribution in [-0.4, -0.2) is 18.1 Å². The summed E-state index contributed by atoms with van der Waals surface area (Å²) >= 11 is 0. The van der Waals surface area contributed by atoms with Crippen molar-refractivity contribution in [1.29, 1.82) is 0 Å². The van der Waals surface area contributed by atoms with Gasteiger partial charge in [-0.25, -0.2) is 0 Å². The number of hydrogen-bond acceptors (Lipinski definition) is 3. The first kappa shape index (κ1) is 13.1. The van der Waals surface area contributed by atoms with E-state index in [1.165, 1.54) is 18.4 Å². The molecule has 1 N–H and O–H groups in total. The number of hydrogen-bond donors (Lipinski definition) is 1. The average molecular weight is 268 g/mol. The van der Waals surface area contributed by atoms with Crippen molar-refractivity contribution in [3.05, 3.63) is 59.9 Å². The first-order valence-electron chi connectivity index (χ1n) is 7.12. The quantitative estimate of drug-likeness (QED) is 0.904. The zero-order chi connectivity index (χ0) is 13.8. The third-order valence-electron chi connectivity index (χ3n) is 4.00. The van der Waals surface area contributed by atoms with Crippen molar-refractivity contribution in [3.63, 3.8) is 0 Å². The highest BCUT2D eigenvalue weighted by Gasteiger charge is 2.29. The second-order valence-corrected chi connectivity index (χ2v) is 5.34. The molecule has 0 atom stereocenters. The van der Waals surface area contributed by atoms with Gasteiger partial charge in [-0.15, -0.1) is 0 Å². The van der Waals surface area contributed by atoms with Crippen LogP contribution in [0.1, 0.15) is 30.0 Å². The molecule has 1 saturated carbocycles. The largest absolute Gasteiger partial charge is 0.497 e. The molecule has 1 aromatic carbocycles. The predicted octanol–water partition coefficient (Wildman–Crippen LogP) is 3.13. The van der Waals surface area contributed by atoms with E-state index in [1.807, 2.05) is 24.4 Å². The molecule has 2 aromatic rings. The topological polar surface area (TPSA) is 34.1 Å². The number of nitrogens with one attached hydrogen (secondary N) is 1. The second-order valence-electron chi connectivity index (χ2n) is 5.34. The van der Waals surface area contributed by atoms with Crippen LogP contribution in [0, 0.1) is 0 Å². The summed E-state index contributed by atoms with van der Waals surface area (Å²) in [5, 5.41) is 3.57. The SMILES string of the molecule is COc1cccc(C2CC(NCc3ccccn3)C2)c1. The fourth-order valence-electron chi connectivity index (χ4n) is 2.70. The van der Waals surface area contributed by atoms with Crippen LogP contribution in [0.2, 0.25) is 0 Å². The molecule has 1 heterocycles. The Bertz CT molecular complexity index is 550. The van der Waals surface area contributed by atoms with E-state index in [1.54, 1.807) is 7.11 Å². The molecule has 3 nitrogen and oxygen atoms in total. The molecule has 3 heteroatoms. The maximum atomic E-state index is 5.28. The smallest absolute Gasteiger partial charge is 0.119 e. The zero-order valence-corrected chi connectivity index (χ0v) is 11.8. The number of methoxy groups -OCH3 is 1. The Labute approximate surface area is 120 Å². The van der Waals surface area contributed by atoms with Crippen LogP contribution in [0.15, 0.2) is 48.7 Å². The number of pyridine rings is 1. The summed E-state index contributed by atoms with van der Waals surface area (Å²) < 4.78 is 5.28. The van der Waals surface area contributed by atoms with Crippen LogP contribution in [0.5, 0.6) is 5.75 Å². The highest BCUT2D eigenvalue weighted by atomic mass is 16.5. The van der Waals surface area contributed by atoms with Crippen molar-refractivity contribution >= 4 is 0 Å². The molecular weight excluding hydrogens is 248 g/mol. The van der Waals surface area contributed by atoms with Crippen LogP contribution in [0.4, 0.5) is 0 Å². The van der Waals surface area contributed by atoms with E-state index < -0.39 is 0 Å². The summed E-state index contributed by atoms with van der Waals surface area (Å²) in [6.45, 7) is 0.857. The molecule has 3 rings (SSSR count). The van der Waals surface area contributed by atoms with Crippen molar-refractivity contribution in [2.45, 2.75) is 31.3 Å². The van der Waals surface area contributed by atoms with Crippen molar-refractivity contribution in [1.82, 2.24) is 10.3 Å². The normalized spacial score (nSPS) is 21.2. The fraction of sp³-hybridized carbons (Fsp3) is 0.353. The van der Waals surface area contributed by atoms with Gasteiger partial charge in [0, 0.05) is 18.8 Å². The third-order valence-corrected chi connectivity index (χ3v) is 4.00. The Morgan fingerprint density at radius 1 is 1.20 bits per heavy atom. The third kappa shape index (κ3) is 2.99. The molecule has 1 aliphatic carbocycles. The molecule has 0 saturated heterocycles. The molecule has 1 aliphatic rings. The molecular formula is C17H20N2O. The minimum atomic E-state index is 0.605. The van der Waals surface area contributed by atoms with Gasteiger partial charge in [0.2, 0.25) is 0 Å². The van der Waals surface area contributed by atoms with Crippen LogP contribution < -0.4 is 10.1 Å². The van der Waals surface area contributed by atoms with Crippen LogP contribution >= 0.6 is 0 Å². The lowest BCUT2D eigenvalue weighted by Crippen LogP contribution is -2.39. The lowest BCUT2D eigenvalue weighted by Gasteiger charge is -2.36. The zero-order valence-electron chi connectivity index (χ0n) is 11.8. The molecule has 0 bridgehead atoms. The summed E-state index contributed by atoms with van der Waals surface area (Å²) in [5.74, 6) is 1.61. The molecule has 0 aliphatic heterocycles. The minimum Gasteiger partial charge on any atom is -0.497 e. The highest BCUT2D eigenvalue weighted by molar-refractivity contribution is 5.32. The number of ether oxygens (including phenoxy) is 1. The summed E-state index contributed by atoms with van der Waals surface area (Å²) in [4.78, 5) is 4.33. The maximum absolute atomic E-state index is 5.28. The van der Waals surface area contributed by atoms with E-state index in [0.29, 0.717) is 12.0 Å². The number of nitrogens with zero attached hydrogens (tertiary/aromatic N) is 1. The van der Waals surface area contributed by atoms with Gasteiger partial charge in [-0.2, -0.15) is 0 Å². The van der Waals surface area contributed by atoms with Crippen molar-refractivity contribution in [3.8, 4) is 5.75 Å². The molecule has 1 fully saturated rings. The Kier molecular flexibility index (Phi) is 3.97. The second kappa shape index (κ2) is 6.06. The van der Waals surface area contributed by atoms with Crippen molar-refractivity contribution < 1.29 is 4.74 Å². The van der Waals surface area contributed by atoms with Gasteiger partial charge in [-0.1, -0.05) is 18.2 Å². The fourth-order valence-corrected chi connectivity index (χ4v) is 2.70. The first-order valence-corrected chi connectivity index (χ1v) is 7.12. The van der Waals surface area contributed by atoms with Gasteiger partial charge in [0.05, 0.1) is 12.8 Å². The van der Waals surface area contributed by atoms with Crippen molar-refractivity contribution in [2.75, 3.05) is 7.11 Å². The van der Waals surface area contributed by atoms with E-state index in [2.05, 4.69) is 34.6 Å². The van der Waals surface area contributed by atoms with E-state index in [0.717, 1.165) is 18.0 Å². The Balaban J connectivity index is 1.49. The average Bonchev–Trinajstić information content (AvgIpc) is 2.47. The predicted molar refractivity (Wildman–Crippen MR) is 79.8 cm³/mol. The van der Waals surface area contributed by atoms with Gasteiger partial charge < -0.3 is 10.1 Å². The summed E-state index contributed by atoms with van der Waals surface area (Å²) in [6, 6.07) is 15.1. The summed E-state index contributed by atoms with van der Waals surface area (Å²) in [7, 11) is 1.72. The molecule has 104 valence electrons. The molecule has 20 heavy (non-hydrogen) atoms. The molecule has 0 amide bonds. The van der Waals surface area contributed by atoms with Gasteiger partial charge in [0.15, 0.2) is 0 Å². The number of benzene rings is 1. The summed E-state index contributed by atoms with van der Waals surface area (Å²) in [5.41, 5.74) is 2.50. The van der Waals surface area contributed by atoms with E-state index in [9.17, 15) is 0 Å². The lowest BCUT2D eigenvalue weighted by atomic mass is 9.76. The monoisotopic (exact) mass is 268 g/mol. The van der Waals surface area contributed by atoms with Crippen LogP contribution in [0.25, 0.3) is 0 Å². The van der Waals surface area contributed by atoms with Gasteiger partial charge >= 0.3 is 0 Å². The first-order chi connectivity index (χ1) is 9.85. The Morgan fingerprint density at radius 3 is 2.85 bits per heavy atom. The van der Waals surface area contributed by atoms with E-state index in [4.69, 9.17) is 4.74 Å². The number of aromatic nitrogens is 1. The lowest BCUT2D eigenvalue weighted by molar-refractivity contribution is 0.288. The molecule has 0 unspecified atom stereocenters. The van der Waals surface area contributed by atoms with Crippen LogP contribution in [0.3, 0.4) is 0 Å². The van der Waals surface area contributed by atoms with Gasteiger partial charge in [0.25, 0.3) is 0 Å². The highest BCUT2D eigenvalue weighted by Crippen LogP contribution is 2.37. The van der Waals surface area contributed by atoms with Gasteiger partial charge in [0.1, 0.15) is 5.75 Å². The van der Waals surface area contributed by atoms with E-state index in [-0.39, 0.29) is 0 Å². The van der Waals surface area contributed by atoms with Crippen molar-refractivity contribution in [2.24, 2.45) is 0 Å². The van der Waals surface area contributed by atoms with Crippen LogP contribution in [-0.2, 0) is 6.54 Å². The standard InChI is InChI=1S/C17H20N2O/c1-20-17-7-4-5-13(11-17)14-9-16(10-14)19-12-15-6-2-3-8-18-15/h2-8,11,14,16,19H,9-10,12H2,1H3. The molecule has 0 spiro atoms. The van der Waals surface area contributed by atoms with E-state index >= 15 is 0 Å².